The van der Waals surface area contributed by atoms with Gasteiger partial charge in [0, 0.05) is 45.3 Å². The quantitative estimate of drug-likeness (QED) is 0.755. The Hall–Kier alpha value is -1.63. The van der Waals surface area contributed by atoms with Gasteiger partial charge < -0.3 is 19.9 Å². The SMILES string of the molecule is COCC(=O)NC1CN(Cc2cccc(OC)c2)CC1CO. The Labute approximate surface area is 131 Å². The molecule has 1 aromatic carbocycles. The number of carbonyl (C=O) groups is 1. The lowest BCUT2D eigenvalue weighted by molar-refractivity contribution is -0.125. The summed E-state index contributed by atoms with van der Waals surface area (Å²) in [7, 11) is 3.14. The Kier molecular flexibility index (Phi) is 6.18. The molecule has 0 saturated carbocycles. The predicted octanol–water partition coefficient (Wildman–Crippen LogP) is 0.251. The lowest BCUT2D eigenvalue weighted by atomic mass is 10.1. The van der Waals surface area contributed by atoms with Gasteiger partial charge in [0.15, 0.2) is 0 Å². The molecule has 0 bridgehead atoms. The van der Waals surface area contributed by atoms with Gasteiger partial charge in [-0.15, -0.1) is 0 Å². The Morgan fingerprint density at radius 3 is 2.91 bits per heavy atom. The molecule has 1 amide bonds. The van der Waals surface area contributed by atoms with E-state index in [0.29, 0.717) is 0 Å². The van der Waals surface area contributed by atoms with Crippen molar-refractivity contribution in [3.63, 3.8) is 0 Å². The molecule has 0 radical (unpaired) electrons. The number of carbonyl (C=O) groups excluding carboxylic acids is 1. The molecule has 0 aliphatic carbocycles. The molecular weight excluding hydrogens is 284 g/mol. The molecule has 0 spiro atoms. The number of hydrogen-bond donors (Lipinski definition) is 2. The van der Waals surface area contributed by atoms with E-state index in [-0.39, 0.29) is 31.1 Å². The molecule has 1 fully saturated rings. The second-order valence-corrected chi connectivity index (χ2v) is 5.60. The van der Waals surface area contributed by atoms with Crippen LogP contribution in [0.3, 0.4) is 0 Å². The van der Waals surface area contributed by atoms with E-state index in [0.717, 1.165) is 30.9 Å². The monoisotopic (exact) mass is 308 g/mol. The summed E-state index contributed by atoms with van der Waals surface area (Å²) >= 11 is 0. The lowest BCUT2D eigenvalue weighted by Crippen LogP contribution is -2.43. The van der Waals surface area contributed by atoms with Gasteiger partial charge in [0.1, 0.15) is 12.4 Å². The molecule has 122 valence electrons. The van der Waals surface area contributed by atoms with Crippen molar-refractivity contribution in [3.8, 4) is 5.75 Å². The maximum Gasteiger partial charge on any atom is 0.246 e. The first-order valence-corrected chi connectivity index (χ1v) is 7.40. The molecule has 1 aliphatic heterocycles. The first-order valence-electron chi connectivity index (χ1n) is 7.40. The molecule has 2 N–H and O–H groups in total. The molecule has 2 unspecified atom stereocenters. The van der Waals surface area contributed by atoms with Gasteiger partial charge in [0.05, 0.1) is 7.11 Å². The van der Waals surface area contributed by atoms with Crippen molar-refractivity contribution in [3.05, 3.63) is 29.8 Å². The number of likely N-dealkylation sites (tertiary alicyclic amines) is 1. The van der Waals surface area contributed by atoms with Crippen LogP contribution in [0.2, 0.25) is 0 Å². The summed E-state index contributed by atoms with van der Waals surface area (Å²) in [5.74, 6) is 0.737. The Balaban J connectivity index is 1.94. The van der Waals surface area contributed by atoms with Gasteiger partial charge in [-0.25, -0.2) is 0 Å². The minimum atomic E-state index is -0.144. The van der Waals surface area contributed by atoms with Crippen LogP contribution >= 0.6 is 0 Å². The van der Waals surface area contributed by atoms with Crippen LogP contribution in [0.25, 0.3) is 0 Å². The van der Waals surface area contributed by atoms with Gasteiger partial charge in [-0.05, 0) is 17.7 Å². The number of nitrogens with one attached hydrogen (secondary N) is 1. The zero-order valence-electron chi connectivity index (χ0n) is 13.1. The molecule has 6 heteroatoms. The van der Waals surface area contributed by atoms with Crippen molar-refractivity contribution in [2.75, 3.05) is 40.5 Å². The summed E-state index contributed by atoms with van der Waals surface area (Å²) in [5, 5.41) is 12.4. The molecule has 2 atom stereocenters. The number of aliphatic hydroxyl groups is 1. The van der Waals surface area contributed by atoms with Crippen LogP contribution in [0, 0.1) is 5.92 Å². The zero-order valence-corrected chi connectivity index (χ0v) is 13.1. The summed E-state index contributed by atoms with van der Waals surface area (Å²) in [5.41, 5.74) is 1.15. The van der Waals surface area contributed by atoms with Crippen molar-refractivity contribution in [2.24, 2.45) is 5.92 Å². The van der Waals surface area contributed by atoms with Crippen LogP contribution in [0.15, 0.2) is 24.3 Å². The number of amides is 1. The summed E-state index contributed by atoms with van der Waals surface area (Å²) < 4.78 is 10.1. The second-order valence-electron chi connectivity index (χ2n) is 5.60. The van der Waals surface area contributed by atoms with Crippen molar-refractivity contribution in [1.29, 1.82) is 0 Å². The molecule has 0 aromatic heterocycles. The third-order valence-corrected chi connectivity index (χ3v) is 3.91. The Morgan fingerprint density at radius 2 is 2.23 bits per heavy atom. The van der Waals surface area contributed by atoms with Gasteiger partial charge in [-0.3, -0.25) is 9.69 Å². The highest BCUT2D eigenvalue weighted by Gasteiger charge is 2.33. The third kappa shape index (κ3) is 4.43. The van der Waals surface area contributed by atoms with Crippen LogP contribution in [0.5, 0.6) is 5.75 Å². The van der Waals surface area contributed by atoms with Crippen LogP contribution in [-0.4, -0.2) is 62.5 Å². The van der Waals surface area contributed by atoms with Gasteiger partial charge in [-0.1, -0.05) is 12.1 Å². The summed E-state index contributed by atoms with van der Waals surface area (Å²) in [6, 6.07) is 7.89. The van der Waals surface area contributed by atoms with E-state index in [1.807, 2.05) is 24.3 Å². The van der Waals surface area contributed by atoms with E-state index in [9.17, 15) is 9.90 Å². The normalized spacial score (nSPS) is 21.8. The smallest absolute Gasteiger partial charge is 0.246 e. The van der Waals surface area contributed by atoms with Gasteiger partial charge in [-0.2, -0.15) is 0 Å². The molecular formula is C16H24N2O4. The zero-order chi connectivity index (χ0) is 15.9. The number of rotatable bonds is 7. The fourth-order valence-electron chi connectivity index (χ4n) is 2.85. The van der Waals surface area contributed by atoms with Crippen LogP contribution in [-0.2, 0) is 16.1 Å². The fourth-order valence-corrected chi connectivity index (χ4v) is 2.85. The van der Waals surface area contributed by atoms with E-state index >= 15 is 0 Å². The number of benzene rings is 1. The Bertz CT molecular complexity index is 495. The summed E-state index contributed by atoms with van der Waals surface area (Å²) in [4.78, 5) is 13.9. The van der Waals surface area contributed by atoms with E-state index in [1.54, 1.807) is 7.11 Å². The largest absolute Gasteiger partial charge is 0.497 e. The van der Waals surface area contributed by atoms with E-state index < -0.39 is 0 Å². The molecule has 6 nitrogen and oxygen atoms in total. The van der Waals surface area contributed by atoms with Crippen molar-refractivity contribution < 1.29 is 19.4 Å². The average Bonchev–Trinajstić information content (AvgIpc) is 2.89. The molecule has 2 rings (SSSR count). The summed E-state index contributed by atoms with van der Waals surface area (Å²) in [6.07, 6.45) is 0. The number of hydrogen-bond acceptors (Lipinski definition) is 5. The highest BCUT2D eigenvalue weighted by Crippen LogP contribution is 2.21. The molecule has 1 heterocycles. The van der Waals surface area contributed by atoms with E-state index in [2.05, 4.69) is 10.2 Å². The molecule has 22 heavy (non-hydrogen) atoms. The predicted molar refractivity (Wildman–Crippen MR) is 82.7 cm³/mol. The van der Waals surface area contributed by atoms with E-state index in [4.69, 9.17) is 9.47 Å². The maximum atomic E-state index is 11.7. The van der Waals surface area contributed by atoms with Crippen molar-refractivity contribution in [2.45, 2.75) is 12.6 Å². The van der Waals surface area contributed by atoms with Crippen LogP contribution < -0.4 is 10.1 Å². The molecule has 1 saturated heterocycles. The molecule has 1 aromatic rings. The number of ether oxygens (including phenoxy) is 2. The minimum absolute atomic E-state index is 0.0433. The van der Waals surface area contributed by atoms with Crippen LogP contribution in [0.4, 0.5) is 0 Å². The summed E-state index contributed by atoms with van der Waals surface area (Å²) in [6.45, 7) is 2.35. The van der Waals surface area contributed by atoms with Crippen LogP contribution in [0.1, 0.15) is 5.56 Å². The van der Waals surface area contributed by atoms with Gasteiger partial charge >= 0.3 is 0 Å². The average molecular weight is 308 g/mol. The van der Waals surface area contributed by atoms with Gasteiger partial charge in [0.25, 0.3) is 0 Å². The number of methoxy groups -OCH3 is 2. The first kappa shape index (κ1) is 16.7. The number of aliphatic hydroxyl groups excluding tert-OH is 1. The van der Waals surface area contributed by atoms with Crippen molar-refractivity contribution >= 4 is 5.91 Å². The van der Waals surface area contributed by atoms with Crippen molar-refractivity contribution in [1.82, 2.24) is 10.2 Å². The highest BCUT2D eigenvalue weighted by molar-refractivity contribution is 5.77. The fraction of sp³-hybridized carbons (Fsp3) is 0.562. The third-order valence-electron chi connectivity index (χ3n) is 3.91. The van der Waals surface area contributed by atoms with Gasteiger partial charge in [0.2, 0.25) is 5.91 Å². The maximum absolute atomic E-state index is 11.7. The standard InChI is InChI=1S/C16H24N2O4/c1-21-11-16(20)17-15-9-18(8-13(15)10-19)7-12-4-3-5-14(6-12)22-2/h3-6,13,15,19H,7-11H2,1-2H3,(H,17,20). The van der Waals surface area contributed by atoms with E-state index in [1.165, 1.54) is 7.11 Å². The minimum Gasteiger partial charge on any atom is -0.497 e. The lowest BCUT2D eigenvalue weighted by Gasteiger charge is -2.18. The molecule has 1 aliphatic rings. The first-order chi connectivity index (χ1) is 10.7. The number of nitrogens with zero attached hydrogens (tertiary/aromatic N) is 1. The second kappa shape index (κ2) is 8.12. The Morgan fingerprint density at radius 1 is 1.41 bits per heavy atom. The topological polar surface area (TPSA) is 71.0 Å². The highest BCUT2D eigenvalue weighted by atomic mass is 16.5.